The van der Waals surface area contributed by atoms with Crippen LogP contribution in [-0.4, -0.2) is 18.1 Å². The number of nitrogens with one attached hydrogen (secondary N) is 1. The van der Waals surface area contributed by atoms with Crippen LogP contribution in [0.4, 0.5) is 0 Å². The van der Waals surface area contributed by atoms with Gasteiger partial charge >= 0.3 is 0 Å². The molecule has 0 heterocycles. The minimum atomic E-state index is 0.109. The zero-order chi connectivity index (χ0) is 14.0. The molecule has 0 aromatic heterocycles. The summed E-state index contributed by atoms with van der Waals surface area (Å²) in [6, 6.07) is 0.661. The van der Waals surface area contributed by atoms with Gasteiger partial charge in [0.25, 0.3) is 0 Å². The van der Waals surface area contributed by atoms with Gasteiger partial charge in [0.05, 0.1) is 0 Å². The highest BCUT2D eigenvalue weighted by Gasteiger charge is 2.35. The summed E-state index contributed by atoms with van der Waals surface area (Å²) in [7, 11) is 0. The Hall–Kier alpha value is -0.0800. The molecule has 2 nitrogen and oxygen atoms in total. The molecule has 18 heavy (non-hydrogen) atoms. The smallest absolute Gasteiger partial charge is 0.0278 e. The van der Waals surface area contributed by atoms with E-state index >= 15 is 0 Å². The number of hydrogen-bond donors (Lipinski definition) is 2. The molecule has 0 amide bonds. The summed E-state index contributed by atoms with van der Waals surface area (Å²) in [5, 5.41) is 3.85. The molecular formula is C16H34N2. The van der Waals surface area contributed by atoms with Crippen LogP contribution in [0.3, 0.4) is 0 Å². The molecule has 2 unspecified atom stereocenters. The fourth-order valence-electron chi connectivity index (χ4n) is 2.94. The Labute approximate surface area is 114 Å². The van der Waals surface area contributed by atoms with Crippen molar-refractivity contribution in [2.75, 3.05) is 6.54 Å². The lowest BCUT2D eigenvalue weighted by Gasteiger charge is -2.35. The van der Waals surface area contributed by atoms with Crippen LogP contribution in [0.15, 0.2) is 0 Å². The van der Waals surface area contributed by atoms with Crippen molar-refractivity contribution in [3.8, 4) is 0 Å². The molecule has 0 aromatic carbocycles. The van der Waals surface area contributed by atoms with Crippen LogP contribution in [0.5, 0.6) is 0 Å². The molecule has 0 radical (unpaired) electrons. The predicted octanol–water partition coefficient (Wildman–Crippen LogP) is 3.70. The predicted molar refractivity (Wildman–Crippen MR) is 80.7 cm³/mol. The summed E-state index contributed by atoms with van der Waals surface area (Å²) in [5.74, 6) is 0. The van der Waals surface area contributed by atoms with Crippen LogP contribution < -0.4 is 11.1 Å². The molecule has 0 saturated heterocycles. The fourth-order valence-corrected chi connectivity index (χ4v) is 2.94. The summed E-state index contributed by atoms with van der Waals surface area (Å²) in [4.78, 5) is 0. The Bertz CT molecular complexity index is 265. The van der Waals surface area contributed by atoms with Gasteiger partial charge in [-0.3, -0.25) is 0 Å². The van der Waals surface area contributed by atoms with Gasteiger partial charge < -0.3 is 11.1 Å². The lowest BCUT2D eigenvalue weighted by atomic mass is 9.83. The lowest BCUT2D eigenvalue weighted by Crippen LogP contribution is -2.53. The van der Waals surface area contributed by atoms with Gasteiger partial charge in [-0.2, -0.15) is 0 Å². The Morgan fingerprint density at radius 3 is 2.17 bits per heavy atom. The highest BCUT2D eigenvalue weighted by molar-refractivity contribution is 4.94. The molecule has 2 heteroatoms. The third-order valence-electron chi connectivity index (χ3n) is 4.40. The molecule has 1 aliphatic carbocycles. The third kappa shape index (κ3) is 5.27. The molecule has 2 atom stereocenters. The van der Waals surface area contributed by atoms with E-state index in [2.05, 4.69) is 46.9 Å². The molecule has 0 bridgehead atoms. The van der Waals surface area contributed by atoms with Crippen molar-refractivity contribution in [1.82, 2.24) is 5.32 Å². The van der Waals surface area contributed by atoms with E-state index in [1.54, 1.807) is 0 Å². The SMILES string of the molecule is CC(C)(C)CCC(C)(CN)NC1CCC(C)(C)C1. The van der Waals surface area contributed by atoms with Crippen LogP contribution >= 0.6 is 0 Å². The van der Waals surface area contributed by atoms with Crippen LogP contribution in [0.1, 0.15) is 73.6 Å². The molecule has 1 fully saturated rings. The first-order valence-corrected chi connectivity index (χ1v) is 7.53. The van der Waals surface area contributed by atoms with E-state index in [1.807, 2.05) is 0 Å². The van der Waals surface area contributed by atoms with Crippen LogP contribution in [0.2, 0.25) is 0 Å². The highest BCUT2D eigenvalue weighted by atomic mass is 15.0. The van der Waals surface area contributed by atoms with Gasteiger partial charge in [0.15, 0.2) is 0 Å². The van der Waals surface area contributed by atoms with E-state index in [-0.39, 0.29) is 5.54 Å². The molecule has 1 aliphatic rings. The molecule has 0 spiro atoms. The second kappa shape index (κ2) is 5.50. The second-order valence-corrected chi connectivity index (χ2v) is 8.57. The summed E-state index contributed by atoms with van der Waals surface area (Å²) >= 11 is 0. The lowest BCUT2D eigenvalue weighted by molar-refractivity contribution is 0.239. The van der Waals surface area contributed by atoms with Gasteiger partial charge in [0, 0.05) is 18.1 Å². The van der Waals surface area contributed by atoms with Crippen molar-refractivity contribution < 1.29 is 0 Å². The summed E-state index contributed by atoms with van der Waals surface area (Å²) in [6.45, 7) is 14.7. The van der Waals surface area contributed by atoms with E-state index in [9.17, 15) is 0 Å². The minimum absolute atomic E-state index is 0.109. The minimum Gasteiger partial charge on any atom is -0.329 e. The van der Waals surface area contributed by atoms with E-state index in [0.29, 0.717) is 16.9 Å². The zero-order valence-corrected chi connectivity index (χ0v) is 13.4. The largest absolute Gasteiger partial charge is 0.329 e. The number of hydrogen-bond acceptors (Lipinski definition) is 2. The zero-order valence-electron chi connectivity index (χ0n) is 13.4. The molecule has 1 rings (SSSR count). The number of nitrogens with two attached hydrogens (primary N) is 1. The number of rotatable bonds is 5. The van der Waals surface area contributed by atoms with Gasteiger partial charge in [-0.25, -0.2) is 0 Å². The van der Waals surface area contributed by atoms with Crippen molar-refractivity contribution in [3.63, 3.8) is 0 Å². The average molecular weight is 254 g/mol. The van der Waals surface area contributed by atoms with Crippen LogP contribution in [0.25, 0.3) is 0 Å². The second-order valence-electron chi connectivity index (χ2n) is 8.57. The normalized spacial score (nSPS) is 27.2. The fraction of sp³-hybridized carbons (Fsp3) is 1.00. The Morgan fingerprint density at radius 2 is 1.78 bits per heavy atom. The maximum Gasteiger partial charge on any atom is 0.0278 e. The molecule has 108 valence electrons. The Kier molecular flexibility index (Phi) is 4.88. The van der Waals surface area contributed by atoms with Crippen molar-refractivity contribution in [3.05, 3.63) is 0 Å². The first kappa shape index (κ1) is 16.0. The Morgan fingerprint density at radius 1 is 1.17 bits per heavy atom. The maximum absolute atomic E-state index is 6.02. The van der Waals surface area contributed by atoms with E-state index in [4.69, 9.17) is 5.73 Å². The van der Waals surface area contributed by atoms with Gasteiger partial charge in [-0.1, -0.05) is 34.6 Å². The molecule has 3 N–H and O–H groups in total. The summed E-state index contributed by atoms with van der Waals surface area (Å²) < 4.78 is 0. The van der Waals surface area contributed by atoms with Gasteiger partial charge in [-0.05, 0) is 49.9 Å². The van der Waals surface area contributed by atoms with Crippen molar-refractivity contribution in [1.29, 1.82) is 0 Å². The quantitative estimate of drug-likeness (QED) is 0.785. The van der Waals surface area contributed by atoms with Gasteiger partial charge in [0.1, 0.15) is 0 Å². The van der Waals surface area contributed by atoms with Crippen LogP contribution in [0, 0.1) is 10.8 Å². The monoisotopic (exact) mass is 254 g/mol. The standard InChI is InChI=1S/C16H34N2/c1-14(2,3)9-10-16(6,12-17)18-13-7-8-15(4,5)11-13/h13,18H,7-12,17H2,1-6H3. The van der Waals surface area contributed by atoms with Crippen molar-refractivity contribution in [2.24, 2.45) is 16.6 Å². The van der Waals surface area contributed by atoms with E-state index in [0.717, 1.165) is 6.54 Å². The molecule has 0 aromatic rings. The first-order valence-electron chi connectivity index (χ1n) is 7.53. The summed E-state index contributed by atoms with van der Waals surface area (Å²) in [6.07, 6.45) is 6.33. The third-order valence-corrected chi connectivity index (χ3v) is 4.40. The van der Waals surface area contributed by atoms with E-state index < -0.39 is 0 Å². The van der Waals surface area contributed by atoms with Gasteiger partial charge in [0.2, 0.25) is 0 Å². The van der Waals surface area contributed by atoms with Crippen LogP contribution in [-0.2, 0) is 0 Å². The summed E-state index contributed by atoms with van der Waals surface area (Å²) in [5.41, 5.74) is 7.04. The van der Waals surface area contributed by atoms with Crippen molar-refractivity contribution >= 4 is 0 Å². The average Bonchev–Trinajstić information content (AvgIpc) is 2.54. The maximum atomic E-state index is 6.02. The van der Waals surface area contributed by atoms with Crippen molar-refractivity contribution in [2.45, 2.75) is 85.2 Å². The topological polar surface area (TPSA) is 38.0 Å². The molecule has 0 aliphatic heterocycles. The molecule has 1 saturated carbocycles. The van der Waals surface area contributed by atoms with E-state index in [1.165, 1.54) is 32.1 Å². The highest BCUT2D eigenvalue weighted by Crippen LogP contribution is 2.38. The first-order chi connectivity index (χ1) is 8.05. The molecular weight excluding hydrogens is 220 g/mol. The Balaban J connectivity index is 2.50. The van der Waals surface area contributed by atoms with Gasteiger partial charge in [-0.15, -0.1) is 0 Å².